The van der Waals surface area contributed by atoms with Crippen LogP contribution < -0.4 is 0 Å². The summed E-state index contributed by atoms with van der Waals surface area (Å²) in [6.45, 7) is 17.7. The highest BCUT2D eigenvalue weighted by Gasteiger charge is 2.22. The van der Waals surface area contributed by atoms with Gasteiger partial charge in [-0.05, 0) is 0 Å². The molecule has 0 radical (unpaired) electrons. The van der Waals surface area contributed by atoms with Gasteiger partial charge in [-0.3, -0.25) is 9.80 Å². The summed E-state index contributed by atoms with van der Waals surface area (Å²) < 4.78 is 0. The van der Waals surface area contributed by atoms with Crippen LogP contribution >= 0.6 is 0 Å². The second-order valence-corrected chi connectivity index (χ2v) is 5.12. The molecule has 0 amide bonds. The van der Waals surface area contributed by atoms with Crippen LogP contribution in [0.2, 0.25) is 0 Å². The van der Waals surface area contributed by atoms with E-state index in [4.69, 9.17) is 4.94 Å². The molecule has 0 aromatic carbocycles. The molecule has 2 saturated heterocycles. The van der Waals surface area contributed by atoms with Gasteiger partial charge in [-0.15, -0.1) is 13.2 Å². The van der Waals surface area contributed by atoms with Gasteiger partial charge in [0.15, 0.2) is 0 Å². The summed E-state index contributed by atoms with van der Waals surface area (Å²) in [5, 5.41) is 4.17. The molecule has 0 aliphatic carbocycles. The van der Waals surface area contributed by atoms with E-state index < -0.39 is 0 Å². The zero-order valence-corrected chi connectivity index (χ0v) is 11.8. The highest BCUT2D eigenvalue weighted by atomic mass is 16.8. The van der Waals surface area contributed by atoms with Crippen molar-refractivity contribution in [1.82, 2.24) is 19.9 Å². The average molecular weight is 266 g/mol. The van der Waals surface area contributed by atoms with Gasteiger partial charge < -0.3 is 0 Å². The molecule has 2 aliphatic rings. The molecular weight excluding hydrogens is 240 g/mol. The van der Waals surface area contributed by atoms with E-state index in [9.17, 15) is 0 Å². The molecule has 0 unspecified atom stereocenters. The Morgan fingerprint density at radius 3 is 1.37 bits per heavy atom. The first-order valence-electron chi connectivity index (χ1n) is 7.16. The van der Waals surface area contributed by atoms with Crippen LogP contribution in [0.3, 0.4) is 0 Å². The van der Waals surface area contributed by atoms with Crippen molar-refractivity contribution in [2.75, 3.05) is 65.4 Å². The zero-order valence-electron chi connectivity index (χ0n) is 11.8. The summed E-state index contributed by atoms with van der Waals surface area (Å²) in [6.07, 6.45) is 3.94. The molecule has 5 nitrogen and oxygen atoms in total. The number of piperazine rings is 2. The van der Waals surface area contributed by atoms with Crippen molar-refractivity contribution in [2.24, 2.45) is 0 Å². The third-order valence-corrected chi connectivity index (χ3v) is 3.67. The van der Waals surface area contributed by atoms with Crippen LogP contribution in [0.1, 0.15) is 0 Å². The number of hydrogen-bond donors (Lipinski definition) is 0. The second-order valence-electron chi connectivity index (χ2n) is 5.12. The first-order chi connectivity index (χ1) is 9.31. The summed E-state index contributed by atoms with van der Waals surface area (Å²) >= 11 is 0. The summed E-state index contributed by atoms with van der Waals surface area (Å²) in [5.41, 5.74) is 0. The van der Waals surface area contributed by atoms with E-state index in [1.54, 1.807) is 0 Å². The maximum atomic E-state index is 5.95. The fourth-order valence-electron chi connectivity index (χ4n) is 2.52. The largest absolute Gasteiger partial charge is 0.297 e. The Labute approximate surface area is 116 Å². The van der Waals surface area contributed by atoms with Crippen molar-refractivity contribution >= 4 is 0 Å². The van der Waals surface area contributed by atoms with E-state index in [0.29, 0.717) is 0 Å². The van der Waals surface area contributed by atoms with Gasteiger partial charge in [-0.25, -0.2) is 4.94 Å². The van der Waals surface area contributed by atoms with Crippen LogP contribution in [-0.2, 0) is 4.94 Å². The first kappa shape index (κ1) is 14.7. The molecule has 0 aromatic heterocycles. The van der Waals surface area contributed by atoms with Gasteiger partial charge in [-0.1, -0.05) is 12.2 Å². The third kappa shape index (κ3) is 4.71. The molecule has 0 saturated carbocycles. The molecule has 5 heteroatoms. The monoisotopic (exact) mass is 266 g/mol. The summed E-state index contributed by atoms with van der Waals surface area (Å²) in [6, 6.07) is 0. The van der Waals surface area contributed by atoms with Gasteiger partial charge in [0.05, 0.1) is 0 Å². The SMILES string of the molecule is C=CCN1CCN(ON2CCN(CC=C)CC2)CC1. The predicted molar refractivity (Wildman–Crippen MR) is 77.5 cm³/mol. The van der Waals surface area contributed by atoms with E-state index >= 15 is 0 Å². The number of hydroxylamine groups is 4. The van der Waals surface area contributed by atoms with Gasteiger partial charge in [0, 0.05) is 65.4 Å². The molecule has 0 aromatic rings. The Morgan fingerprint density at radius 1 is 0.684 bits per heavy atom. The lowest BCUT2D eigenvalue weighted by atomic mass is 10.3. The van der Waals surface area contributed by atoms with Gasteiger partial charge in [-0.2, -0.15) is 10.1 Å². The van der Waals surface area contributed by atoms with Crippen molar-refractivity contribution in [2.45, 2.75) is 0 Å². The maximum absolute atomic E-state index is 5.95. The van der Waals surface area contributed by atoms with E-state index in [1.807, 2.05) is 12.2 Å². The van der Waals surface area contributed by atoms with Crippen LogP contribution in [0.4, 0.5) is 0 Å². The molecule has 0 bridgehead atoms. The Kier molecular flexibility index (Phi) is 6.00. The molecule has 0 spiro atoms. The fourth-order valence-corrected chi connectivity index (χ4v) is 2.52. The Hall–Kier alpha value is -0.720. The summed E-state index contributed by atoms with van der Waals surface area (Å²) in [5.74, 6) is 0. The Morgan fingerprint density at radius 2 is 1.05 bits per heavy atom. The lowest BCUT2D eigenvalue weighted by molar-refractivity contribution is -0.337. The van der Waals surface area contributed by atoms with Gasteiger partial charge in [0.25, 0.3) is 0 Å². The molecule has 0 atom stereocenters. The quantitative estimate of drug-likeness (QED) is 0.649. The van der Waals surface area contributed by atoms with E-state index in [0.717, 1.165) is 65.4 Å². The smallest absolute Gasteiger partial charge is 0.0388 e. The lowest BCUT2D eigenvalue weighted by Crippen LogP contribution is -2.52. The highest BCUT2D eigenvalue weighted by Crippen LogP contribution is 2.07. The van der Waals surface area contributed by atoms with Crippen molar-refractivity contribution in [3.05, 3.63) is 25.3 Å². The number of rotatable bonds is 6. The van der Waals surface area contributed by atoms with Crippen LogP contribution in [0.15, 0.2) is 25.3 Å². The third-order valence-electron chi connectivity index (χ3n) is 3.67. The second kappa shape index (κ2) is 7.77. The topological polar surface area (TPSA) is 22.2 Å². The molecule has 2 aliphatic heterocycles. The van der Waals surface area contributed by atoms with Gasteiger partial charge in [0.1, 0.15) is 0 Å². The van der Waals surface area contributed by atoms with Crippen molar-refractivity contribution in [3.8, 4) is 0 Å². The van der Waals surface area contributed by atoms with Crippen LogP contribution in [-0.4, -0.2) is 85.4 Å². The van der Waals surface area contributed by atoms with Crippen LogP contribution in [0.5, 0.6) is 0 Å². The maximum Gasteiger partial charge on any atom is 0.0388 e. The molecule has 2 fully saturated rings. The Balaban J connectivity index is 1.64. The zero-order chi connectivity index (χ0) is 13.5. The molecule has 19 heavy (non-hydrogen) atoms. The normalized spacial score (nSPS) is 24.4. The van der Waals surface area contributed by atoms with Gasteiger partial charge in [0.2, 0.25) is 0 Å². The number of hydrogen-bond acceptors (Lipinski definition) is 5. The molecule has 108 valence electrons. The highest BCUT2D eigenvalue weighted by molar-refractivity contribution is 4.78. The minimum atomic E-state index is 0.973. The van der Waals surface area contributed by atoms with Gasteiger partial charge >= 0.3 is 0 Å². The fraction of sp³-hybridized carbons (Fsp3) is 0.714. The average Bonchev–Trinajstić information content (AvgIpc) is 2.44. The molecule has 2 heterocycles. The van der Waals surface area contributed by atoms with Crippen molar-refractivity contribution < 1.29 is 4.94 Å². The first-order valence-corrected chi connectivity index (χ1v) is 7.16. The summed E-state index contributed by atoms with van der Waals surface area (Å²) in [4.78, 5) is 10.7. The number of nitrogens with zero attached hydrogens (tertiary/aromatic N) is 4. The van der Waals surface area contributed by atoms with E-state index in [-0.39, 0.29) is 0 Å². The standard InChI is InChI=1S/C14H26N4O/c1-3-5-15-7-11-17(12-8-15)19-18-13-9-16(6-4-2)10-14-18/h3-4H,1-2,5-14H2. The van der Waals surface area contributed by atoms with Crippen molar-refractivity contribution in [1.29, 1.82) is 0 Å². The molecule has 0 N–H and O–H groups in total. The minimum absolute atomic E-state index is 0.973. The van der Waals surface area contributed by atoms with E-state index in [2.05, 4.69) is 33.1 Å². The minimum Gasteiger partial charge on any atom is -0.297 e. The predicted octanol–water partition coefficient (Wildman–Crippen LogP) is 0.440. The summed E-state index contributed by atoms with van der Waals surface area (Å²) in [7, 11) is 0. The van der Waals surface area contributed by atoms with E-state index in [1.165, 1.54) is 0 Å². The van der Waals surface area contributed by atoms with Crippen molar-refractivity contribution in [3.63, 3.8) is 0 Å². The molecular formula is C14H26N4O. The molecule has 2 rings (SSSR count). The lowest BCUT2D eigenvalue weighted by Gasteiger charge is -2.39. The van der Waals surface area contributed by atoms with Crippen LogP contribution in [0, 0.1) is 0 Å². The Bertz CT molecular complexity index is 253. The van der Waals surface area contributed by atoms with Crippen LogP contribution in [0.25, 0.3) is 0 Å².